The van der Waals surface area contributed by atoms with Crippen LogP contribution in [0.25, 0.3) is 0 Å². The Morgan fingerprint density at radius 3 is 2.52 bits per heavy atom. The normalized spacial score (nSPS) is 15.9. The molecule has 1 saturated heterocycles. The number of hydrogen-bond acceptors (Lipinski definition) is 5. The molecule has 1 fully saturated rings. The van der Waals surface area contributed by atoms with Gasteiger partial charge in [-0.05, 0) is 25.3 Å². The van der Waals surface area contributed by atoms with Crippen molar-refractivity contribution in [2.24, 2.45) is 5.73 Å². The largest absolute Gasteiger partial charge is 0.455 e. The Balaban J connectivity index is 0.00000261. The van der Waals surface area contributed by atoms with E-state index in [9.17, 15) is 13.2 Å². The number of sulfonamides is 1. The summed E-state index contributed by atoms with van der Waals surface area (Å²) in [6.45, 7) is 2.77. The zero-order valence-electron chi connectivity index (χ0n) is 15.1. The van der Waals surface area contributed by atoms with Gasteiger partial charge in [0.2, 0.25) is 10.0 Å². The molecule has 0 bridgehead atoms. The van der Waals surface area contributed by atoms with E-state index < -0.39 is 15.9 Å². The second-order valence-corrected chi connectivity index (χ2v) is 8.28. The first kappa shape index (κ1) is 21.4. The summed E-state index contributed by atoms with van der Waals surface area (Å²) in [5.41, 5.74) is 6.96. The van der Waals surface area contributed by atoms with Gasteiger partial charge in [0.25, 0.3) is 5.91 Å². The molecule has 1 aliphatic rings. The highest BCUT2D eigenvalue weighted by Crippen LogP contribution is 2.26. The number of rotatable bonds is 6. The van der Waals surface area contributed by atoms with Crippen LogP contribution in [0.2, 0.25) is 0 Å². The summed E-state index contributed by atoms with van der Waals surface area (Å²) < 4.78 is 32.1. The van der Waals surface area contributed by atoms with Crippen molar-refractivity contribution in [2.45, 2.75) is 30.7 Å². The number of carbonyl (C=O) groups excluding carboxylic acids is 1. The first-order chi connectivity index (χ1) is 12.4. The zero-order valence-corrected chi connectivity index (χ0v) is 16.7. The molecule has 0 radical (unpaired) electrons. The van der Waals surface area contributed by atoms with E-state index in [1.165, 1.54) is 10.4 Å². The van der Waals surface area contributed by atoms with Crippen molar-refractivity contribution >= 4 is 28.3 Å². The maximum atomic E-state index is 12.7. The standard InChI is InChI=1S/C18H23N3O4S.ClH/c1-13-17(26(23,24)21-9-5-6-10-21)11-16(25-13)18(22)20-12-15(19)14-7-3-2-4-8-14;/h2-4,7-8,11,15H,5-6,9-10,12,19H2,1H3,(H,20,22);1H. The van der Waals surface area contributed by atoms with Gasteiger partial charge >= 0.3 is 0 Å². The summed E-state index contributed by atoms with van der Waals surface area (Å²) in [6, 6.07) is 10.4. The van der Waals surface area contributed by atoms with Crippen LogP contribution in [0.1, 0.15) is 40.8 Å². The second kappa shape index (κ2) is 8.88. The monoisotopic (exact) mass is 413 g/mol. The predicted molar refractivity (Wildman–Crippen MR) is 104 cm³/mol. The Kier molecular flexibility index (Phi) is 7.05. The van der Waals surface area contributed by atoms with Crippen LogP contribution in [0.15, 0.2) is 45.7 Å². The SMILES string of the molecule is Cc1oc(C(=O)NCC(N)c2ccccc2)cc1S(=O)(=O)N1CCCC1.Cl. The third kappa shape index (κ3) is 4.70. The van der Waals surface area contributed by atoms with E-state index in [-0.39, 0.29) is 41.4 Å². The Hall–Kier alpha value is -1.87. The highest BCUT2D eigenvalue weighted by atomic mass is 35.5. The Bertz CT molecular complexity index is 877. The van der Waals surface area contributed by atoms with Crippen molar-refractivity contribution in [3.8, 4) is 0 Å². The van der Waals surface area contributed by atoms with Gasteiger partial charge < -0.3 is 15.5 Å². The average Bonchev–Trinajstić information content (AvgIpc) is 3.30. The van der Waals surface area contributed by atoms with Gasteiger partial charge in [0, 0.05) is 31.7 Å². The molecule has 1 atom stereocenters. The van der Waals surface area contributed by atoms with E-state index in [4.69, 9.17) is 10.2 Å². The van der Waals surface area contributed by atoms with Crippen molar-refractivity contribution in [3.05, 3.63) is 53.5 Å². The summed E-state index contributed by atoms with van der Waals surface area (Å²) >= 11 is 0. The van der Waals surface area contributed by atoms with Crippen LogP contribution < -0.4 is 11.1 Å². The molecular formula is C18H24ClN3O4S. The van der Waals surface area contributed by atoms with Gasteiger partial charge in [-0.1, -0.05) is 30.3 Å². The fraction of sp³-hybridized carbons (Fsp3) is 0.389. The van der Waals surface area contributed by atoms with E-state index in [1.54, 1.807) is 6.92 Å². The van der Waals surface area contributed by atoms with Crippen LogP contribution in [-0.2, 0) is 10.0 Å². The zero-order chi connectivity index (χ0) is 18.7. The summed E-state index contributed by atoms with van der Waals surface area (Å²) in [5, 5.41) is 2.69. The van der Waals surface area contributed by atoms with E-state index >= 15 is 0 Å². The minimum atomic E-state index is -3.62. The van der Waals surface area contributed by atoms with Crippen molar-refractivity contribution < 1.29 is 17.6 Å². The molecule has 9 heteroatoms. The maximum Gasteiger partial charge on any atom is 0.287 e. The van der Waals surface area contributed by atoms with Crippen LogP contribution in [0.5, 0.6) is 0 Å². The molecule has 0 spiro atoms. The highest BCUT2D eigenvalue weighted by molar-refractivity contribution is 7.89. The third-order valence-corrected chi connectivity index (χ3v) is 6.50. The van der Waals surface area contributed by atoms with Gasteiger partial charge in [-0.2, -0.15) is 4.31 Å². The topological polar surface area (TPSA) is 106 Å². The fourth-order valence-corrected chi connectivity index (χ4v) is 4.69. The van der Waals surface area contributed by atoms with Gasteiger partial charge in [-0.3, -0.25) is 4.79 Å². The molecule has 148 valence electrons. The lowest BCUT2D eigenvalue weighted by atomic mass is 10.1. The number of nitrogens with zero attached hydrogens (tertiary/aromatic N) is 1. The lowest BCUT2D eigenvalue weighted by Gasteiger charge is -2.14. The predicted octanol–water partition coefficient (Wildman–Crippen LogP) is 2.22. The van der Waals surface area contributed by atoms with E-state index in [1.807, 2.05) is 30.3 Å². The smallest absolute Gasteiger partial charge is 0.287 e. The van der Waals surface area contributed by atoms with Crippen molar-refractivity contribution in [1.29, 1.82) is 0 Å². The lowest BCUT2D eigenvalue weighted by molar-refractivity contribution is 0.0922. The third-order valence-electron chi connectivity index (χ3n) is 4.49. The summed E-state index contributed by atoms with van der Waals surface area (Å²) in [7, 11) is -3.62. The quantitative estimate of drug-likeness (QED) is 0.755. The number of nitrogens with one attached hydrogen (secondary N) is 1. The highest BCUT2D eigenvalue weighted by Gasteiger charge is 2.31. The number of halogens is 1. The Morgan fingerprint density at radius 2 is 1.89 bits per heavy atom. The summed E-state index contributed by atoms with van der Waals surface area (Å²) in [5.74, 6) is -0.294. The number of furan rings is 1. The molecule has 0 saturated carbocycles. The van der Waals surface area contributed by atoms with Crippen LogP contribution in [-0.4, -0.2) is 38.3 Å². The molecule has 0 aliphatic carbocycles. The molecule has 1 aliphatic heterocycles. The number of nitrogens with two attached hydrogens (primary N) is 1. The molecule has 2 aromatic rings. The van der Waals surface area contributed by atoms with Crippen molar-refractivity contribution in [1.82, 2.24) is 9.62 Å². The van der Waals surface area contributed by atoms with E-state index in [0.29, 0.717) is 13.1 Å². The van der Waals surface area contributed by atoms with Gasteiger partial charge in [0.05, 0.1) is 0 Å². The summed E-state index contributed by atoms with van der Waals surface area (Å²) in [6.07, 6.45) is 1.70. The molecule has 1 aromatic heterocycles. The van der Waals surface area contributed by atoms with Gasteiger partial charge in [0.1, 0.15) is 10.7 Å². The molecule has 7 nitrogen and oxygen atoms in total. The Morgan fingerprint density at radius 1 is 1.26 bits per heavy atom. The van der Waals surface area contributed by atoms with Crippen molar-refractivity contribution in [3.63, 3.8) is 0 Å². The molecule has 1 aromatic carbocycles. The number of amides is 1. The molecule has 2 heterocycles. The first-order valence-electron chi connectivity index (χ1n) is 8.59. The van der Waals surface area contributed by atoms with E-state index in [0.717, 1.165) is 18.4 Å². The van der Waals surface area contributed by atoms with Crippen LogP contribution in [0.4, 0.5) is 0 Å². The fourth-order valence-electron chi connectivity index (χ4n) is 3.01. The van der Waals surface area contributed by atoms with Gasteiger partial charge in [0.15, 0.2) is 5.76 Å². The molecule has 3 rings (SSSR count). The van der Waals surface area contributed by atoms with Crippen LogP contribution in [0.3, 0.4) is 0 Å². The first-order valence-corrected chi connectivity index (χ1v) is 10.0. The van der Waals surface area contributed by atoms with Crippen LogP contribution in [0, 0.1) is 6.92 Å². The maximum absolute atomic E-state index is 12.7. The van der Waals surface area contributed by atoms with Gasteiger partial charge in [-0.15, -0.1) is 12.4 Å². The number of benzene rings is 1. The molecule has 1 amide bonds. The van der Waals surface area contributed by atoms with Crippen molar-refractivity contribution in [2.75, 3.05) is 19.6 Å². The summed E-state index contributed by atoms with van der Waals surface area (Å²) in [4.78, 5) is 12.4. The average molecular weight is 414 g/mol. The minimum Gasteiger partial charge on any atom is -0.455 e. The number of carbonyl (C=O) groups is 1. The molecular weight excluding hydrogens is 390 g/mol. The molecule has 27 heavy (non-hydrogen) atoms. The molecule has 1 unspecified atom stereocenters. The van der Waals surface area contributed by atoms with E-state index in [2.05, 4.69) is 5.32 Å². The Labute approximate surface area is 165 Å². The minimum absolute atomic E-state index is 0. The van der Waals surface area contributed by atoms with Crippen LogP contribution >= 0.6 is 12.4 Å². The second-order valence-electron chi connectivity index (χ2n) is 6.37. The lowest BCUT2D eigenvalue weighted by Crippen LogP contribution is -2.31. The number of hydrogen-bond donors (Lipinski definition) is 2. The molecule has 3 N–H and O–H groups in total. The number of aryl methyl sites for hydroxylation is 1. The van der Waals surface area contributed by atoms with Gasteiger partial charge in [-0.25, -0.2) is 8.42 Å².